The van der Waals surface area contributed by atoms with E-state index < -0.39 is 16.8 Å². The molecule has 0 amide bonds. The predicted molar refractivity (Wildman–Crippen MR) is 72.2 cm³/mol. The molecule has 4 N–H and O–H groups in total. The maximum atomic E-state index is 11.2. The zero-order chi connectivity index (χ0) is 13.7. The Labute approximate surface area is 108 Å². The molecule has 0 radical (unpaired) electrons. The highest BCUT2D eigenvalue weighted by molar-refractivity contribution is 7.84. The summed E-state index contributed by atoms with van der Waals surface area (Å²) in [5, 5.41) is 11.9. The molecule has 0 saturated carbocycles. The van der Waals surface area contributed by atoms with E-state index in [4.69, 9.17) is 10.8 Å². The van der Waals surface area contributed by atoms with Gasteiger partial charge in [-0.1, -0.05) is 6.92 Å². The number of anilines is 2. The molecule has 1 heterocycles. The van der Waals surface area contributed by atoms with E-state index in [1.54, 1.807) is 6.26 Å². The molecule has 2 unspecified atom stereocenters. The average molecular weight is 271 g/mol. The van der Waals surface area contributed by atoms with Crippen molar-refractivity contribution in [3.05, 3.63) is 17.8 Å². The van der Waals surface area contributed by atoms with E-state index in [1.165, 1.54) is 12.3 Å². The molecule has 18 heavy (non-hydrogen) atoms. The summed E-state index contributed by atoms with van der Waals surface area (Å²) in [7, 11) is -0.853. The van der Waals surface area contributed by atoms with Crippen LogP contribution in [0.2, 0.25) is 0 Å². The smallest absolute Gasteiger partial charge is 0.337 e. The molecule has 0 aliphatic carbocycles. The summed E-state index contributed by atoms with van der Waals surface area (Å²) < 4.78 is 11.2. The third-order valence-electron chi connectivity index (χ3n) is 2.57. The summed E-state index contributed by atoms with van der Waals surface area (Å²) in [5.74, 6) is -0.607. The monoisotopic (exact) mass is 271 g/mol. The quantitative estimate of drug-likeness (QED) is 0.711. The van der Waals surface area contributed by atoms with Crippen molar-refractivity contribution < 1.29 is 14.1 Å². The van der Waals surface area contributed by atoms with Crippen molar-refractivity contribution in [1.29, 1.82) is 0 Å². The molecule has 1 aromatic heterocycles. The standard InChI is InChI=1S/C11H17N3O3S/c1-7(18(2)17)3-4-13-10-9(12)5-8(6-14-10)11(15)16/h5-7H,3-4,12H2,1-2H3,(H,13,14)(H,15,16). The second-order valence-electron chi connectivity index (χ2n) is 3.99. The van der Waals surface area contributed by atoms with Crippen molar-refractivity contribution in [2.75, 3.05) is 23.9 Å². The average Bonchev–Trinajstić information content (AvgIpc) is 2.30. The highest BCUT2D eigenvalue weighted by Crippen LogP contribution is 2.16. The van der Waals surface area contributed by atoms with Crippen molar-refractivity contribution in [2.45, 2.75) is 18.6 Å². The molecule has 1 rings (SSSR count). The molecule has 2 atom stereocenters. The molecule has 6 nitrogen and oxygen atoms in total. The highest BCUT2D eigenvalue weighted by atomic mass is 32.2. The SMILES string of the molecule is CC(CCNc1ncc(C(=O)O)cc1N)S(C)=O. The molecule has 100 valence electrons. The van der Waals surface area contributed by atoms with Crippen molar-refractivity contribution in [3.63, 3.8) is 0 Å². The zero-order valence-corrected chi connectivity index (χ0v) is 11.2. The van der Waals surface area contributed by atoms with E-state index in [9.17, 15) is 9.00 Å². The fourth-order valence-electron chi connectivity index (χ4n) is 1.31. The maximum Gasteiger partial charge on any atom is 0.337 e. The molecule has 0 fully saturated rings. The van der Waals surface area contributed by atoms with Gasteiger partial charge in [-0.05, 0) is 12.5 Å². The Bertz CT molecular complexity index is 465. The van der Waals surface area contributed by atoms with Crippen LogP contribution in [0.15, 0.2) is 12.3 Å². The van der Waals surface area contributed by atoms with Gasteiger partial charge in [-0.2, -0.15) is 0 Å². The lowest BCUT2D eigenvalue weighted by molar-refractivity contribution is 0.0696. The summed E-state index contributed by atoms with van der Waals surface area (Å²) in [6.07, 6.45) is 3.65. The van der Waals surface area contributed by atoms with Gasteiger partial charge in [0.1, 0.15) is 5.82 Å². The number of carboxylic acids is 1. The van der Waals surface area contributed by atoms with Crippen LogP contribution in [0.4, 0.5) is 11.5 Å². The Morgan fingerprint density at radius 1 is 1.67 bits per heavy atom. The van der Waals surface area contributed by atoms with E-state index in [-0.39, 0.29) is 10.8 Å². The lowest BCUT2D eigenvalue weighted by Gasteiger charge is -2.11. The number of carbonyl (C=O) groups is 1. The molecule has 0 aromatic carbocycles. The maximum absolute atomic E-state index is 11.2. The minimum Gasteiger partial charge on any atom is -0.478 e. The molecule has 0 saturated heterocycles. The third kappa shape index (κ3) is 3.99. The largest absolute Gasteiger partial charge is 0.478 e. The fraction of sp³-hybridized carbons (Fsp3) is 0.455. The van der Waals surface area contributed by atoms with Crippen LogP contribution >= 0.6 is 0 Å². The Hall–Kier alpha value is -1.63. The number of hydrogen-bond acceptors (Lipinski definition) is 5. The molecular formula is C11H17N3O3S. The van der Waals surface area contributed by atoms with Crippen molar-refractivity contribution >= 4 is 28.3 Å². The molecule has 0 spiro atoms. The second kappa shape index (κ2) is 6.34. The van der Waals surface area contributed by atoms with Crippen LogP contribution in [0.5, 0.6) is 0 Å². The van der Waals surface area contributed by atoms with Gasteiger partial charge in [-0.15, -0.1) is 0 Å². The van der Waals surface area contributed by atoms with E-state index in [0.717, 1.165) is 6.42 Å². The number of nitrogen functional groups attached to an aromatic ring is 1. The van der Waals surface area contributed by atoms with Gasteiger partial charge in [0, 0.05) is 35.0 Å². The first-order chi connectivity index (χ1) is 8.41. The van der Waals surface area contributed by atoms with Gasteiger partial charge in [-0.25, -0.2) is 9.78 Å². The van der Waals surface area contributed by atoms with Gasteiger partial charge in [0.2, 0.25) is 0 Å². The van der Waals surface area contributed by atoms with Crippen molar-refractivity contribution in [3.8, 4) is 0 Å². The first-order valence-electron chi connectivity index (χ1n) is 5.46. The van der Waals surface area contributed by atoms with Gasteiger partial charge >= 0.3 is 5.97 Å². The zero-order valence-electron chi connectivity index (χ0n) is 10.3. The van der Waals surface area contributed by atoms with E-state index in [2.05, 4.69) is 10.3 Å². The van der Waals surface area contributed by atoms with E-state index in [1.807, 2.05) is 6.92 Å². The van der Waals surface area contributed by atoms with Crippen LogP contribution in [-0.4, -0.2) is 38.3 Å². The van der Waals surface area contributed by atoms with Gasteiger partial charge in [0.15, 0.2) is 0 Å². The van der Waals surface area contributed by atoms with Crippen LogP contribution in [0.25, 0.3) is 0 Å². The number of pyridine rings is 1. The number of carboxylic acid groups (broad SMARTS) is 1. The molecule has 7 heteroatoms. The van der Waals surface area contributed by atoms with E-state index in [0.29, 0.717) is 18.1 Å². The number of rotatable bonds is 6. The van der Waals surface area contributed by atoms with Gasteiger partial charge in [0.05, 0.1) is 11.3 Å². The third-order valence-corrected chi connectivity index (χ3v) is 3.94. The summed E-state index contributed by atoms with van der Waals surface area (Å²) in [6, 6.07) is 1.36. The summed E-state index contributed by atoms with van der Waals surface area (Å²) in [5.41, 5.74) is 6.04. The Morgan fingerprint density at radius 3 is 2.83 bits per heavy atom. The number of nitrogens with zero attached hydrogens (tertiary/aromatic N) is 1. The molecular weight excluding hydrogens is 254 g/mol. The minimum atomic E-state index is -1.06. The second-order valence-corrected chi connectivity index (χ2v) is 5.79. The topological polar surface area (TPSA) is 105 Å². The van der Waals surface area contributed by atoms with Crippen LogP contribution in [0.1, 0.15) is 23.7 Å². The van der Waals surface area contributed by atoms with Crippen molar-refractivity contribution in [1.82, 2.24) is 4.98 Å². The molecule has 0 aliphatic heterocycles. The Kier molecular flexibility index (Phi) is 5.08. The predicted octanol–water partition coefficient (Wildman–Crippen LogP) is 0.931. The van der Waals surface area contributed by atoms with Gasteiger partial charge < -0.3 is 16.2 Å². The summed E-state index contributed by atoms with van der Waals surface area (Å²) in [6.45, 7) is 2.49. The van der Waals surface area contributed by atoms with Crippen LogP contribution in [0, 0.1) is 0 Å². The molecule has 1 aromatic rings. The normalized spacial score (nSPS) is 13.9. The van der Waals surface area contributed by atoms with E-state index >= 15 is 0 Å². The number of nitrogens with one attached hydrogen (secondary N) is 1. The summed E-state index contributed by atoms with van der Waals surface area (Å²) in [4.78, 5) is 14.6. The summed E-state index contributed by atoms with van der Waals surface area (Å²) >= 11 is 0. The number of hydrogen-bond donors (Lipinski definition) is 3. The first kappa shape index (κ1) is 14.4. The molecule has 0 aliphatic rings. The lowest BCUT2D eigenvalue weighted by atomic mass is 10.2. The number of aromatic carboxylic acids is 1. The van der Waals surface area contributed by atoms with Crippen molar-refractivity contribution in [2.24, 2.45) is 0 Å². The van der Waals surface area contributed by atoms with Crippen LogP contribution in [-0.2, 0) is 10.8 Å². The number of nitrogens with two attached hydrogens (primary N) is 1. The Morgan fingerprint density at radius 2 is 2.33 bits per heavy atom. The first-order valence-corrected chi connectivity index (χ1v) is 7.09. The molecule has 0 bridgehead atoms. The van der Waals surface area contributed by atoms with Gasteiger partial charge in [0.25, 0.3) is 0 Å². The van der Waals surface area contributed by atoms with Gasteiger partial charge in [-0.3, -0.25) is 4.21 Å². The van der Waals surface area contributed by atoms with Crippen LogP contribution in [0.3, 0.4) is 0 Å². The number of aromatic nitrogens is 1. The fourth-order valence-corrected chi connectivity index (χ4v) is 1.76. The lowest BCUT2D eigenvalue weighted by Crippen LogP contribution is -2.16. The van der Waals surface area contributed by atoms with Crippen LogP contribution < -0.4 is 11.1 Å². The minimum absolute atomic E-state index is 0.0566. The highest BCUT2D eigenvalue weighted by Gasteiger charge is 2.09. The Balaban J connectivity index is 2.58.